The van der Waals surface area contributed by atoms with Crippen molar-refractivity contribution in [2.75, 3.05) is 6.61 Å². The van der Waals surface area contributed by atoms with Gasteiger partial charge in [0.25, 0.3) is 0 Å². The first kappa shape index (κ1) is 17.0. The molecule has 0 bridgehead atoms. The van der Waals surface area contributed by atoms with Crippen molar-refractivity contribution in [2.45, 2.75) is 25.0 Å². The van der Waals surface area contributed by atoms with Crippen LogP contribution in [0.5, 0.6) is 5.75 Å². The van der Waals surface area contributed by atoms with Crippen molar-refractivity contribution in [3.63, 3.8) is 0 Å². The SMILES string of the molecule is CC1=CCC(C=Nc2ccc(OCCc3ccc(C=O)s3)cc2)S1. The van der Waals surface area contributed by atoms with Crippen LogP contribution in [0.2, 0.25) is 0 Å². The standard InChI is InChI=1S/C19H19NO2S2/c1-14-2-7-18(23-14)12-20-15-3-5-16(6-4-15)22-11-10-17-8-9-19(13-21)24-17/h2-6,8-9,12-13,18H,7,10-11H2,1H3. The first-order valence-electron chi connectivity index (χ1n) is 7.87. The Hall–Kier alpha value is -1.85. The molecule has 1 unspecified atom stereocenters. The van der Waals surface area contributed by atoms with Crippen LogP contribution in [0.4, 0.5) is 5.69 Å². The van der Waals surface area contributed by atoms with E-state index in [1.54, 1.807) is 0 Å². The first-order chi connectivity index (χ1) is 11.7. The molecule has 3 rings (SSSR count). The van der Waals surface area contributed by atoms with Crippen LogP contribution in [0.3, 0.4) is 0 Å². The van der Waals surface area contributed by atoms with Gasteiger partial charge in [-0.1, -0.05) is 6.08 Å². The molecular weight excluding hydrogens is 338 g/mol. The summed E-state index contributed by atoms with van der Waals surface area (Å²) in [6, 6.07) is 11.7. The molecule has 2 heterocycles. The number of thioether (sulfide) groups is 1. The Morgan fingerprint density at radius 3 is 2.75 bits per heavy atom. The maximum atomic E-state index is 10.7. The molecule has 3 nitrogen and oxygen atoms in total. The van der Waals surface area contributed by atoms with Crippen molar-refractivity contribution < 1.29 is 9.53 Å². The third-order valence-electron chi connectivity index (χ3n) is 3.62. The first-order valence-corrected chi connectivity index (χ1v) is 9.57. The summed E-state index contributed by atoms with van der Waals surface area (Å²) in [6.07, 6.45) is 7.04. The van der Waals surface area contributed by atoms with Gasteiger partial charge >= 0.3 is 0 Å². The fourth-order valence-corrected chi connectivity index (χ4v) is 4.16. The summed E-state index contributed by atoms with van der Waals surface area (Å²) < 4.78 is 5.75. The number of thiophene rings is 1. The number of rotatable bonds is 7. The fourth-order valence-electron chi connectivity index (χ4n) is 2.37. The zero-order valence-corrected chi connectivity index (χ0v) is 15.1. The number of allylic oxidation sites excluding steroid dienone is 2. The number of benzene rings is 1. The molecule has 0 saturated carbocycles. The number of hydrogen-bond acceptors (Lipinski definition) is 5. The van der Waals surface area contributed by atoms with Crippen LogP contribution in [0.15, 0.2) is 52.4 Å². The second-order valence-electron chi connectivity index (χ2n) is 5.50. The molecule has 1 aliphatic rings. The Kier molecular flexibility index (Phi) is 5.88. The van der Waals surface area contributed by atoms with E-state index in [0.717, 1.165) is 40.3 Å². The summed E-state index contributed by atoms with van der Waals surface area (Å²) in [4.78, 5) is 18.5. The zero-order chi connectivity index (χ0) is 16.8. The van der Waals surface area contributed by atoms with Crippen LogP contribution in [-0.4, -0.2) is 24.4 Å². The summed E-state index contributed by atoms with van der Waals surface area (Å²) in [5.41, 5.74) is 0.946. The van der Waals surface area contributed by atoms with Gasteiger partial charge in [0.1, 0.15) is 5.75 Å². The molecule has 0 amide bonds. The molecule has 0 radical (unpaired) electrons. The minimum absolute atomic E-state index is 0.461. The predicted molar refractivity (Wildman–Crippen MR) is 103 cm³/mol. The Labute approximate surface area is 150 Å². The highest BCUT2D eigenvalue weighted by molar-refractivity contribution is 8.04. The van der Waals surface area contributed by atoms with Crippen LogP contribution in [0.25, 0.3) is 0 Å². The minimum atomic E-state index is 0.461. The van der Waals surface area contributed by atoms with E-state index >= 15 is 0 Å². The molecular formula is C19H19NO2S2. The number of carbonyl (C=O) groups is 1. The van der Waals surface area contributed by atoms with E-state index in [0.29, 0.717) is 11.9 Å². The quantitative estimate of drug-likeness (QED) is 0.499. The van der Waals surface area contributed by atoms with Gasteiger partial charge in [-0.2, -0.15) is 0 Å². The fraction of sp³-hybridized carbons (Fsp3) is 0.263. The van der Waals surface area contributed by atoms with Gasteiger partial charge in [0.15, 0.2) is 6.29 Å². The second-order valence-corrected chi connectivity index (χ2v) is 8.18. The van der Waals surface area contributed by atoms with E-state index in [4.69, 9.17) is 4.74 Å². The van der Waals surface area contributed by atoms with Gasteiger partial charge in [-0.25, -0.2) is 0 Å². The Morgan fingerprint density at radius 1 is 1.25 bits per heavy atom. The van der Waals surface area contributed by atoms with Crippen molar-refractivity contribution in [3.05, 3.63) is 57.1 Å². The van der Waals surface area contributed by atoms with E-state index in [9.17, 15) is 4.79 Å². The highest BCUT2D eigenvalue weighted by atomic mass is 32.2. The van der Waals surface area contributed by atoms with Gasteiger partial charge in [-0.3, -0.25) is 9.79 Å². The highest BCUT2D eigenvalue weighted by Crippen LogP contribution is 2.31. The predicted octanol–water partition coefficient (Wildman–Crippen LogP) is 5.29. The van der Waals surface area contributed by atoms with Gasteiger partial charge in [0.05, 0.1) is 17.2 Å². The Morgan fingerprint density at radius 2 is 2.08 bits per heavy atom. The number of nitrogens with zero attached hydrogens (tertiary/aromatic N) is 1. The van der Waals surface area contributed by atoms with Crippen molar-refractivity contribution >= 4 is 41.3 Å². The lowest BCUT2D eigenvalue weighted by Crippen LogP contribution is -1.99. The van der Waals surface area contributed by atoms with E-state index in [-0.39, 0.29) is 0 Å². The number of aliphatic imine (C=N–C) groups is 1. The molecule has 1 aromatic heterocycles. The van der Waals surface area contributed by atoms with Crippen molar-refractivity contribution in [3.8, 4) is 5.75 Å². The second kappa shape index (κ2) is 8.31. The molecule has 0 fully saturated rings. The monoisotopic (exact) mass is 357 g/mol. The Balaban J connectivity index is 1.45. The third-order valence-corrected chi connectivity index (χ3v) is 5.84. The summed E-state index contributed by atoms with van der Waals surface area (Å²) in [7, 11) is 0. The lowest BCUT2D eigenvalue weighted by atomic mass is 10.3. The Bertz CT molecular complexity index is 747. The van der Waals surface area contributed by atoms with E-state index < -0.39 is 0 Å². The van der Waals surface area contributed by atoms with Gasteiger partial charge in [0.2, 0.25) is 0 Å². The highest BCUT2D eigenvalue weighted by Gasteiger charge is 2.12. The van der Waals surface area contributed by atoms with Crippen molar-refractivity contribution in [1.29, 1.82) is 0 Å². The smallest absolute Gasteiger partial charge is 0.160 e. The molecule has 0 N–H and O–H groups in total. The molecule has 2 aromatic rings. The van der Waals surface area contributed by atoms with Crippen molar-refractivity contribution in [1.82, 2.24) is 0 Å². The van der Waals surface area contributed by atoms with Crippen LogP contribution >= 0.6 is 23.1 Å². The van der Waals surface area contributed by atoms with Gasteiger partial charge in [-0.15, -0.1) is 23.1 Å². The number of aldehydes is 1. The summed E-state index contributed by atoms with van der Waals surface area (Å²) in [5.74, 6) is 0.842. The maximum absolute atomic E-state index is 10.7. The van der Waals surface area contributed by atoms with Gasteiger partial charge < -0.3 is 4.74 Å². The normalized spacial score (nSPS) is 17.2. The van der Waals surface area contributed by atoms with Crippen LogP contribution in [0.1, 0.15) is 27.9 Å². The average Bonchev–Trinajstić information content (AvgIpc) is 3.23. The molecule has 5 heteroatoms. The van der Waals surface area contributed by atoms with E-state index in [1.165, 1.54) is 16.2 Å². The van der Waals surface area contributed by atoms with Crippen LogP contribution in [-0.2, 0) is 6.42 Å². The third kappa shape index (κ3) is 4.82. The number of carbonyl (C=O) groups excluding carboxylic acids is 1. The molecule has 0 saturated heterocycles. The topological polar surface area (TPSA) is 38.7 Å². The average molecular weight is 358 g/mol. The molecule has 1 aliphatic heterocycles. The van der Waals surface area contributed by atoms with Gasteiger partial charge in [0, 0.05) is 22.8 Å². The molecule has 24 heavy (non-hydrogen) atoms. The number of ether oxygens (including phenoxy) is 1. The summed E-state index contributed by atoms with van der Waals surface area (Å²) >= 11 is 3.38. The molecule has 0 aliphatic carbocycles. The lowest BCUT2D eigenvalue weighted by Gasteiger charge is -2.05. The molecule has 0 spiro atoms. The molecule has 1 atom stereocenters. The summed E-state index contributed by atoms with van der Waals surface area (Å²) in [5, 5.41) is 0.461. The summed E-state index contributed by atoms with van der Waals surface area (Å²) in [6.45, 7) is 2.74. The van der Waals surface area contributed by atoms with Crippen molar-refractivity contribution in [2.24, 2.45) is 4.99 Å². The maximum Gasteiger partial charge on any atom is 0.160 e. The van der Waals surface area contributed by atoms with Crippen LogP contribution in [0, 0.1) is 0 Å². The molecule has 124 valence electrons. The van der Waals surface area contributed by atoms with E-state index in [1.807, 2.05) is 54.4 Å². The zero-order valence-electron chi connectivity index (χ0n) is 13.5. The molecule has 1 aromatic carbocycles. The van der Waals surface area contributed by atoms with Crippen LogP contribution < -0.4 is 4.74 Å². The minimum Gasteiger partial charge on any atom is -0.493 e. The lowest BCUT2D eigenvalue weighted by molar-refractivity contribution is 0.112. The number of hydrogen-bond donors (Lipinski definition) is 0. The largest absolute Gasteiger partial charge is 0.493 e. The van der Waals surface area contributed by atoms with Gasteiger partial charge in [-0.05, 0) is 54.6 Å². The van der Waals surface area contributed by atoms with E-state index in [2.05, 4.69) is 18.0 Å².